The molecule has 80 valence electrons. The summed E-state index contributed by atoms with van der Waals surface area (Å²) in [4.78, 5) is 7.49. The number of ether oxygens (including phenoxy) is 1. The Morgan fingerprint density at radius 3 is 2.60 bits per heavy atom. The molecule has 0 atom stereocenters. The molecule has 1 fully saturated rings. The fourth-order valence-corrected chi connectivity index (χ4v) is 2.66. The second-order valence-corrected chi connectivity index (χ2v) is 4.93. The zero-order chi connectivity index (χ0) is 11.1. The Balaban J connectivity index is 2.43. The molecule has 3 nitrogen and oxygen atoms in total. The van der Waals surface area contributed by atoms with Gasteiger partial charge in [-0.15, -0.1) is 6.42 Å². The maximum Gasteiger partial charge on any atom is 0.230 e. The van der Waals surface area contributed by atoms with Crippen LogP contribution in [0.4, 0.5) is 5.13 Å². The molecule has 0 amide bonds. The molecule has 2 rings (SSSR count). The molecule has 0 radical (unpaired) electrons. The SMILES string of the molecule is C#CC1(c2sc(N(C)C)nc2OC)CC1. The van der Waals surface area contributed by atoms with Gasteiger partial charge in [-0.2, -0.15) is 4.98 Å². The summed E-state index contributed by atoms with van der Waals surface area (Å²) >= 11 is 1.63. The van der Waals surface area contributed by atoms with Crippen LogP contribution in [0.2, 0.25) is 0 Å². The van der Waals surface area contributed by atoms with Crippen LogP contribution in [0.5, 0.6) is 5.88 Å². The van der Waals surface area contributed by atoms with Gasteiger partial charge in [0.15, 0.2) is 5.13 Å². The molecule has 0 aliphatic heterocycles. The second-order valence-electron chi connectivity index (χ2n) is 3.96. The minimum absolute atomic E-state index is 0.0860. The Labute approximate surface area is 94.1 Å². The van der Waals surface area contributed by atoms with E-state index < -0.39 is 0 Å². The first kappa shape index (κ1) is 10.3. The van der Waals surface area contributed by atoms with Crippen molar-refractivity contribution in [1.29, 1.82) is 0 Å². The molecule has 0 aromatic carbocycles. The van der Waals surface area contributed by atoms with Crippen molar-refractivity contribution in [3.8, 4) is 18.2 Å². The number of rotatable bonds is 3. The summed E-state index contributed by atoms with van der Waals surface area (Å²) in [5.74, 6) is 3.56. The van der Waals surface area contributed by atoms with E-state index in [4.69, 9.17) is 11.2 Å². The number of nitrogens with zero attached hydrogens (tertiary/aromatic N) is 2. The lowest BCUT2D eigenvalue weighted by atomic mass is 10.1. The molecule has 1 heterocycles. The first-order valence-corrected chi connectivity index (χ1v) is 5.65. The van der Waals surface area contributed by atoms with E-state index in [0.717, 1.165) is 22.9 Å². The molecule has 0 saturated heterocycles. The second kappa shape index (κ2) is 3.42. The molecule has 0 spiro atoms. The van der Waals surface area contributed by atoms with Crippen LogP contribution in [-0.2, 0) is 5.41 Å². The summed E-state index contributed by atoms with van der Waals surface area (Å²) in [5.41, 5.74) is -0.0860. The Bertz CT molecular complexity index is 413. The summed E-state index contributed by atoms with van der Waals surface area (Å²) in [5, 5.41) is 0.948. The van der Waals surface area contributed by atoms with E-state index in [-0.39, 0.29) is 5.41 Å². The Morgan fingerprint density at radius 1 is 1.53 bits per heavy atom. The zero-order valence-corrected chi connectivity index (χ0v) is 10.0. The first-order valence-electron chi connectivity index (χ1n) is 4.83. The minimum Gasteiger partial charge on any atom is -0.480 e. The third kappa shape index (κ3) is 1.57. The highest BCUT2D eigenvalue weighted by Crippen LogP contribution is 2.53. The molecule has 1 saturated carbocycles. The third-order valence-electron chi connectivity index (χ3n) is 2.62. The van der Waals surface area contributed by atoms with Crippen LogP contribution in [0.25, 0.3) is 0 Å². The van der Waals surface area contributed by atoms with Gasteiger partial charge in [-0.1, -0.05) is 17.3 Å². The summed E-state index contributed by atoms with van der Waals surface area (Å²) in [7, 11) is 5.58. The van der Waals surface area contributed by atoms with Gasteiger partial charge in [0.05, 0.1) is 17.4 Å². The number of thiazole rings is 1. The van der Waals surface area contributed by atoms with E-state index in [1.54, 1.807) is 18.4 Å². The lowest BCUT2D eigenvalue weighted by molar-refractivity contribution is 0.394. The standard InChI is InChI=1S/C11H14N2OS/c1-5-11(6-7-11)8-9(14-4)12-10(15-8)13(2)3/h1H,6-7H2,2-4H3. The highest BCUT2D eigenvalue weighted by molar-refractivity contribution is 7.16. The van der Waals surface area contributed by atoms with Crippen LogP contribution >= 0.6 is 11.3 Å². The Hall–Kier alpha value is -1.21. The summed E-state index contributed by atoms with van der Waals surface area (Å²) < 4.78 is 5.28. The number of terminal acetylenes is 1. The predicted molar refractivity (Wildman–Crippen MR) is 62.7 cm³/mol. The van der Waals surface area contributed by atoms with Gasteiger partial charge in [0, 0.05) is 14.1 Å². The van der Waals surface area contributed by atoms with Crippen molar-refractivity contribution in [3.63, 3.8) is 0 Å². The molecule has 0 N–H and O–H groups in total. The molecular formula is C11H14N2OS. The number of anilines is 1. The topological polar surface area (TPSA) is 25.4 Å². The van der Waals surface area contributed by atoms with E-state index in [2.05, 4.69) is 10.9 Å². The van der Waals surface area contributed by atoms with Gasteiger partial charge < -0.3 is 9.64 Å². The van der Waals surface area contributed by atoms with E-state index in [0.29, 0.717) is 5.88 Å². The average Bonchev–Trinajstić information content (AvgIpc) is 2.90. The first-order chi connectivity index (χ1) is 7.13. The largest absolute Gasteiger partial charge is 0.480 e. The van der Waals surface area contributed by atoms with Crippen molar-refractivity contribution in [3.05, 3.63) is 4.88 Å². The van der Waals surface area contributed by atoms with Crippen LogP contribution in [0.15, 0.2) is 0 Å². The van der Waals surface area contributed by atoms with Gasteiger partial charge in [-0.25, -0.2) is 0 Å². The van der Waals surface area contributed by atoms with Crippen molar-refractivity contribution in [2.75, 3.05) is 26.1 Å². The van der Waals surface area contributed by atoms with Crippen LogP contribution in [-0.4, -0.2) is 26.2 Å². The van der Waals surface area contributed by atoms with E-state index >= 15 is 0 Å². The fourth-order valence-electron chi connectivity index (χ4n) is 1.49. The summed E-state index contributed by atoms with van der Waals surface area (Å²) in [6.45, 7) is 0. The van der Waals surface area contributed by atoms with E-state index in [1.807, 2.05) is 19.0 Å². The smallest absolute Gasteiger partial charge is 0.230 e. The van der Waals surface area contributed by atoms with E-state index in [9.17, 15) is 0 Å². The molecule has 1 aliphatic carbocycles. The van der Waals surface area contributed by atoms with Gasteiger partial charge in [0.1, 0.15) is 0 Å². The molecule has 4 heteroatoms. The normalized spacial score (nSPS) is 16.9. The molecular weight excluding hydrogens is 208 g/mol. The lowest BCUT2D eigenvalue weighted by Gasteiger charge is -2.05. The van der Waals surface area contributed by atoms with Gasteiger partial charge in [0.25, 0.3) is 0 Å². The van der Waals surface area contributed by atoms with Crippen LogP contribution in [0.3, 0.4) is 0 Å². The van der Waals surface area contributed by atoms with Crippen LogP contribution in [0.1, 0.15) is 17.7 Å². The van der Waals surface area contributed by atoms with Gasteiger partial charge >= 0.3 is 0 Å². The molecule has 1 aliphatic rings. The van der Waals surface area contributed by atoms with Crippen LogP contribution in [0, 0.1) is 12.3 Å². The Kier molecular flexibility index (Phi) is 2.35. The van der Waals surface area contributed by atoms with Crippen molar-refractivity contribution in [1.82, 2.24) is 4.98 Å². The Morgan fingerprint density at radius 2 is 2.20 bits per heavy atom. The quantitative estimate of drug-likeness (QED) is 0.730. The van der Waals surface area contributed by atoms with E-state index in [1.165, 1.54) is 0 Å². The zero-order valence-electron chi connectivity index (χ0n) is 9.20. The molecule has 0 unspecified atom stereocenters. The van der Waals surface area contributed by atoms with Crippen LogP contribution < -0.4 is 9.64 Å². The van der Waals surface area contributed by atoms with Gasteiger partial charge in [0.2, 0.25) is 5.88 Å². The fraction of sp³-hybridized carbons (Fsp3) is 0.545. The minimum atomic E-state index is -0.0860. The highest BCUT2D eigenvalue weighted by Gasteiger charge is 2.47. The monoisotopic (exact) mass is 222 g/mol. The number of aromatic nitrogens is 1. The molecule has 1 aromatic heterocycles. The molecule has 0 bridgehead atoms. The van der Waals surface area contributed by atoms with Crippen molar-refractivity contribution < 1.29 is 4.74 Å². The van der Waals surface area contributed by atoms with Crippen molar-refractivity contribution in [2.45, 2.75) is 18.3 Å². The lowest BCUT2D eigenvalue weighted by Crippen LogP contribution is -2.07. The van der Waals surface area contributed by atoms with Gasteiger partial charge in [-0.3, -0.25) is 0 Å². The van der Waals surface area contributed by atoms with Crippen molar-refractivity contribution >= 4 is 16.5 Å². The number of hydrogen-bond donors (Lipinski definition) is 0. The highest BCUT2D eigenvalue weighted by atomic mass is 32.1. The maximum absolute atomic E-state index is 5.57. The molecule has 1 aromatic rings. The third-order valence-corrected chi connectivity index (χ3v) is 4.03. The van der Waals surface area contributed by atoms with Gasteiger partial charge in [-0.05, 0) is 12.8 Å². The summed E-state index contributed by atoms with van der Waals surface area (Å²) in [6, 6.07) is 0. The number of hydrogen-bond acceptors (Lipinski definition) is 4. The molecule has 15 heavy (non-hydrogen) atoms. The number of methoxy groups -OCH3 is 1. The predicted octanol–water partition coefficient (Wildman–Crippen LogP) is 1.88. The summed E-state index contributed by atoms with van der Waals surface area (Å²) in [6.07, 6.45) is 7.67. The average molecular weight is 222 g/mol. The maximum atomic E-state index is 5.57. The van der Waals surface area contributed by atoms with Crippen molar-refractivity contribution in [2.24, 2.45) is 0 Å².